The first kappa shape index (κ1) is 41.7. The zero-order chi connectivity index (χ0) is 29.1. The van der Waals surface area contributed by atoms with Crippen LogP contribution in [-0.4, -0.2) is 39.8 Å². The third kappa shape index (κ3) is 42.3. The maximum Gasteiger partial charge on any atom is 0.503 e. The van der Waals surface area contributed by atoms with Crippen molar-refractivity contribution in [3.8, 4) is 0 Å². The maximum atomic E-state index is 9.32. The number of aliphatic hydroxyl groups is 2. The molecule has 0 spiro atoms. The summed E-state index contributed by atoms with van der Waals surface area (Å²) >= 11 is 0. The topological polar surface area (TPSA) is 98.0 Å². The highest BCUT2D eigenvalue weighted by Crippen LogP contribution is 2.19. The predicted octanol–water partition coefficient (Wildman–Crippen LogP) is 10.9. The molecule has 0 aromatic rings. The molecule has 0 radical (unpaired) electrons. The summed E-state index contributed by atoms with van der Waals surface area (Å²) in [7, 11) is 0. The quantitative estimate of drug-likeness (QED) is 0.0809. The van der Waals surface area contributed by atoms with Crippen LogP contribution in [0.3, 0.4) is 0 Å². The Balaban J connectivity index is -0.000000564. The van der Waals surface area contributed by atoms with E-state index < -0.39 is 6.16 Å². The number of aliphatic hydroxyl groups excluding tert-OH is 2. The molecule has 0 aliphatic heterocycles. The van der Waals surface area contributed by atoms with E-state index in [1.165, 1.54) is 154 Å². The van der Waals surface area contributed by atoms with Gasteiger partial charge in [-0.25, -0.2) is 4.79 Å². The number of carboxylic acid groups (broad SMARTS) is 2. The minimum atomic E-state index is -1.83. The standard InChI is InChI=1S/2C16H34O.CH2O3/c2*1-3-5-7-9-10-12-14-16(15-17)13-11-8-6-4-2;2-1(3)4/h2*16-17H,3-15H2,1-2H3;(H2,2,3,4). The van der Waals surface area contributed by atoms with Gasteiger partial charge in [-0.05, 0) is 37.5 Å². The average molecular weight is 547 g/mol. The summed E-state index contributed by atoms with van der Waals surface area (Å²) in [5, 5.41) is 32.6. The van der Waals surface area contributed by atoms with Crippen LogP contribution in [0, 0.1) is 11.8 Å². The van der Waals surface area contributed by atoms with Crippen LogP contribution in [0.4, 0.5) is 4.79 Å². The Labute approximate surface area is 238 Å². The van der Waals surface area contributed by atoms with Crippen molar-refractivity contribution in [3.63, 3.8) is 0 Å². The zero-order valence-electron chi connectivity index (χ0n) is 26.2. The maximum absolute atomic E-state index is 9.32. The van der Waals surface area contributed by atoms with Crippen molar-refractivity contribution < 1.29 is 25.2 Å². The smallest absolute Gasteiger partial charge is 0.450 e. The van der Waals surface area contributed by atoms with Gasteiger partial charge in [-0.15, -0.1) is 0 Å². The highest BCUT2D eigenvalue weighted by atomic mass is 16.6. The second-order valence-electron chi connectivity index (χ2n) is 11.2. The Kier molecular flexibility index (Phi) is 42.0. The van der Waals surface area contributed by atoms with Crippen LogP contribution in [0.1, 0.15) is 182 Å². The molecule has 0 aromatic carbocycles. The van der Waals surface area contributed by atoms with Crippen LogP contribution in [0.25, 0.3) is 0 Å². The Morgan fingerprint density at radius 1 is 0.421 bits per heavy atom. The summed E-state index contributed by atoms with van der Waals surface area (Å²) in [6.45, 7) is 9.83. The van der Waals surface area contributed by atoms with Crippen molar-refractivity contribution in [2.45, 2.75) is 182 Å². The number of hydrogen-bond acceptors (Lipinski definition) is 3. The molecule has 38 heavy (non-hydrogen) atoms. The van der Waals surface area contributed by atoms with Crippen molar-refractivity contribution in [2.75, 3.05) is 13.2 Å². The summed E-state index contributed by atoms with van der Waals surface area (Å²) in [6.07, 6.45) is 30.2. The molecule has 5 nitrogen and oxygen atoms in total. The van der Waals surface area contributed by atoms with Gasteiger partial charge in [-0.1, -0.05) is 156 Å². The molecule has 0 amide bonds. The molecule has 232 valence electrons. The summed E-state index contributed by atoms with van der Waals surface area (Å²) < 4.78 is 0. The molecule has 4 N–H and O–H groups in total. The fourth-order valence-corrected chi connectivity index (χ4v) is 4.80. The lowest BCUT2D eigenvalue weighted by molar-refractivity contribution is 0.137. The van der Waals surface area contributed by atoms with Crippen molar-refractivity contribution in [1.29, 1.82) is 0 Å². The number of carbonyl (C=O) groups is 1. The van der Waals surface area contributed by atoms with Gasteiger partial charge in [0.25, 0.3) is 0 Å². The van der Waals surface area contributed by atoms with Crippen LogP contribution < -0.4 is 0 Å². The van der Waals surface area contributed by atoms with Crippen LogP contribution in [0.15, 0.2) is 0 Å². The van der Waals surface area contributed by atoms with E-state index >= 15 is 0 Å². The first-order valence-electron chi connectivity index (χ1n) is 16.6. The van der Waals surface area contributed by atoms with E-state index in [0.717, 1.165) is 0 Å². The molecule has 0 bridgehead atoms. The Hall–Kier alpha value is -0.810. The van der Waals surface area contributed by atoms with Crippen LogP contribution in [0.2, 0.25) is 0 Å². The fraction of sp³-hybridized carbons (Fsp3) is 0.970. The fourth-order valence-electron chi connectivity index (χ4n) is 4.80. The molecule has 2 unspecified atom stereocenters. The number of hydrogen-bond donors (Lipinski definition) is 4. The lowest BCUT2D eigenvalue weighted by atomic mass is 9.95. The van der Waals surface area contributed by atoms with E-state index in [0.29, 0.717) is 25.0 Å². The minimum absolute atomic E-state index is 0.404. The monoisotopic (exact) mass is 547 g/mol. The van der Waals surface area contributed by atoms with Gasteiger partial charge in [0, 0.05) is 13.2 Å². The molecule has 0 aliphatic carbocycles. The van der Waals surface area contributed by atoms with E-state index in [9.17, 15) is 10.2 Å². The van der Waals surface area contributed by atoms with Crippen molar-refractivity contribution in [3.05, 3.63) is 0 Å². The molecule has 0 aliphatic rings. The summed E-state index contributed by atoms with van der Waals surface area (Å²) in [6, 6.07) is 0. The van der Waals surface area contributed by atoms with E-state index in [4.69, 9.17) is 15.0 Å². The van der Waals surface area contributed by atoms with E-state index in [-0.39, 0.29) is 0 Å². The van der Waals surface area contributed by atoms with Gasteiger partial charge in [0.2, 0.25) is 0 Å². The second-order valence-corrected chi connectivity index (χ2v) is 11.2. The van der Waals surface area contributed by atoms with Gasteiger partial charge in [0.1, 0.15) is 0 Å². The number of rotatable bonds is 26. The van der Waals surface area contributed by atoms with Crippen LogP contribution in [0.5, 0.6) is 0 Å². The largest absolute Gasteiger partial charge is 0.503 e. The zero-order valence-corrected chi connectivity index (χ0v) is 26.2. The first-order valence-corrected chi connectivity index (χ1v) is 16.6. The van der Waals surface area contributed by atoms with E-state index in [2.05, 4.69) is 27.7 Å². The van der Waals surface area contributed by atoms with Gasteiger partial charge in [-0.3, -0.25) is 0 Å². The summed E-state index contributed by atoms with van der Waals surface area (Å²) in [5.74, 6) is 1.16. The Bertz CT molecular complexity index is 380. The minimum Gasteiger partial charge on any atom is -0.450 e. The highest BCUT2D eigenvalue weighted by molar-refractivity contribution is 5.53. The van der Waals surface area contributed by atoms with Gasteiger partial charge in [0.15, 0.2) is 0 Å². The van der Waals surface area contributed by atoms with Crippen LogP contribution >= 0.6 is 0 Å². The molecule has 0 rings (SSSR count). The van der Waals surface area contributed by atoms with Gasteiger partial charge < -0.3 is 20.4 Å². The van der Waals surface area contributed by atoms with Gasteiger partial charge >= 0.3 is 6.16 Å². The average Bonchev–Trinajstić information content (AvgIpc) is 2.90. The molecular formula is C33H70O5. The molecule has 0 heterocycles. The predicted molar refractivity (Wildman–Crippen MR) is 165 cm³/mol. The molecule has 0 saturated heterocycles. The Morgan fingerprint density at radius 2 is 0.605 bits per heavy atom. The number of unbranched alkanes of at least 4 members (excludes halogenated alkanes) is 16. The van der Waals surface area contributed by atoms with Gasteiger partial charge in [-0.2, -0.15) is 0 Å². The molecule has 2 atom stereocenters. The van der Waals surface area contributed by atoms with Crippen molar-refractivity contribution in [1.82, 2.24) is 0 Å². The lowest BCUT2D eigenvalue weighted by Gasteiger charge is -2.13. The Morgan fingerprint density at radius 3 is 0.816 bits per heavy atom. The summed E-state index contributed by atoms with van der Waals surface area (Å²) in [4.78, 5) is 8.56. The van der Waals surface area contributed by atoms with Crippen molar-refractivity contribution in [2.24, 2.45) is 11.8 Å². The molecule has 5 heteroatoms. The summed E-state index contributed by atoms with van der Waals surface area (Å²) in [5.41, 5.74) is 0. The third-order valence-electron chi connectivity index (χ3n) is 7.38. The first-order chi connectivity index (χ1) is 18.4. The van der Waals surface area contributed by atoms with Gasteiger partial charge in [0.05, 0.1) is 0 Å². The van der Waals surface area contributed by atoms with Crippen LogP contribution in [-0.2, 0) is 0 Å². The second kappa shape index (κ2) is 38.3. The van der Waals surface area contributed by atoms with Crippen molar-refractivity contribution >= 4 is 6.16 Å². The molecule has 0 fully saturated rings. The normalized spacial score (nSPS) is 12.2. The van der Waals surface area contributed by atoms with E-state index in [1.54, 1.807) is 0 Å². The lowest BCUT2D eigenvalue weighted by Crippen LogP contribution is -2.06. The highest BCUT2D eigenvalue weighted by Gasteiger charge is 2.07. The third-order valence-corrected chi connectivity index (χ3v) is 7.38. The molecule has 0 saturated carbocycles. The van der Waals surface area contributed by atoms with E-state index in [1.807, 2.05) is 0 Å². The SMILES string of the molecule is CCCCCCCCC(CO)CCCCCC.CCCCCCCCC(CO)CCCCCC.O=C(O)O. The molecular weight excluding hydrogens is 476 g/mol. The molecule has 0 aromatic heterocycles.